The smallest absolute Gasteiger partial charge is 0.330 e. The van der Waals surface area contributed by atoms with Gasteiger partial charge in [-0.25, -0.2) is 4.79 Å². The van der Waals surface area contributed by atoms with E-state index in [4.69, 9.17) is 9.84 Å². The summed E-state index contributed by atoms with van der Waals surface area (Å²) in [7, 11) is 0. The molecule has 0 bridgehead atoms. The van der Waals surface area contributed by atoms with Gasteiger partial charge in [-0.1, -0.05) is 0 Å². The molecule has 6 nitrogen and oxygen atoms in total. The maximum absolute atomic E-state index is 11.5. The summed E-state index contributed by atoms with van der Waals surface area (Å²) in [6, 6.07) is 0. The summed E-state index contributed by atoms with van der Waals surface area (Å²) in [5.41, 5.74) is -0.483. The van der Waals surface area contributed by atoms with E-state index in [1.54, 1.807) is 20.8 Å². The standard InChI is InChI=1S/C10H16N2O4/c1-6-4-12(10(15)11-9(6)14)8(3)16-7(2)5-13/h4,7-8,13H,5H2,1-3H3,(H,11,14,15). The normalized spacial score (nSPS) is 14.8. The van der Waals surface area contributed by atoms with Crippen molar-refractivity contribution in [3.8, 4) is 0 Å². The number of nitrogens with zero attached hydrogens (tertiary/aromatic N) is 1. The minimum atomic E-state index is -0.537. The number of hydrogen-bond acceptors (Lipinski definition) is 4. The lowest BCUT2D eigenvalue weighted by Gasteiger charge is -2.19. The number of hydrogen-bond donors (Lipinski definition) is 2. The first-order valence-corrected chi connectivity index (χ1v) is 5.04. The van der Waals surface area contributed by atoms with Crippen LogP contribution in [0, 0.1) is 6.92 Å². The zero-order valence-electron chi connectivity index (χ0n) is 9.56. The second-order valence-corrected chi connectivity index (χ2v) is 3.71. The fourth-order valence-corrected chi connectivity index (χ4v) is 1.30. The molecule has 0 saturated carbocycles. The van der Waals surface area contributed by atoms with Crippen LogP contribution in [0.15, 0.2) is 15.8 Å². The summed E-state index contributed by atoms with van der Waals surface area (Å²) < 4.78 is 6.63. The number of aryl methyl sites for hydroxylation is 1. The van der Waals surface area contributed by atoms with Gasteiger partial charge in [0.1, 0.15) is 6.23 Å². The molecule has 2 atom stereocenters. The molecule has 1 heterocycles. The van der Waals surface area contributed by atoms with Gasteiger partial charge in [-0.05, 0) is 20.8 Å². The molecule has 1 aromatic heterocycles. The molecule has 2 N–H and O–H groups in total. The molecule has 0 radical (unpaired) electrons. The van der Waals surface area contributed by atoms with Gasteiger partial charge in [0, 0.05) is 11.8 Å². The van der Waals surface area contributed by atoms with E-state index in [-0.39, 0.29) is 12.7 Å². The van der Waals surface area contributed by atoms with Gasteiger partial charge in [0.25, 0.3) is 5.56 Å². The van der Waals surface area contributed by atoms with Crippen LogP contribution in [-0.2, 0) is 4.74 Å². The number of nitrogens with one attached hydrogen (secondary N) is 1. The van der Waals surface area contributed by atoms with E-state index in [9.17, 15) is 9.59 Å². The van der Waals surface area contributed by atoms with Crippen LogP contribution in [-0.4, -0.2) is 27.4 Å². The lowest BCUT2D eigenvalue weighted by molar-refractivity contribution is -0.0581. The minimum absolute atomic E-state index is 0.124. The Morgan fingerprint density at radius 3 is 2.69 bits per heavy atom. The van der Waals surface area contributed by atoms with E-state index in [0.717, 1.165) is 0 Å². The van der Waals surface area contributed by atoms with Gasteiger partial charge in [0.15, 0.2) is 0 Å². The minimum Gasteiger partial charge on any atom is -0.394 e. The van der Waals surface area contributed by atoms with Crippen molar-refractivity contribution < 1.29 is 9.84 Å². The van der Waals surface area contributed by atoms with Crippen molar-refractivity contribution in [2.75, 3.05) is 6.61 Å². The maximum Gasteiger partial charge on any atom is 0.330 e. The molecule has 2 unspecified atom stereocenters. The van der Waals surface area contributed by atoms with Crippen molar-refractivity contribution in [3.05, 3.63) is 32.6 Å². The Labute approximate surface area is 92.5 Å². The van der Waals surface area contributed by atoms with Crippen LogP contribution in [0.4, 0.5) is 0 Å². The van der Waals surface area contributed by atoms with Crippen LogP contribution in [0.25, 0.3) is 0 Å². The van der Waals surface area contributed by atoms with Gasteiger partial charge in [0.2, 0.25) is 0 Å². The highest BCUT2D eigenvalue weighted by molar-refractivity contribution is 5.01. The Bertz CT molecular complexity index is 463. The molecule has 1 aromatic rings. The van der Waals surface area contributed by atoms with Crippen molar-refractivity contribution in [2.24, 2.45) is 0 Å². The quantitative estimate of drug-likeness (QED) is 0.745. The molecular weight excluding hydrogens is 212 g/mol. The zero-order valence-corrected chi connectivity index (χ0v) is 9.56. The van der Waals surface area contributed by atoms with Crippen molar-refractivity contribution in [3.63, 3.8) is 0 Å². The SMILES string of the molecule is Cc1cn(C(C)OC(C)CO)c(=O)[nH]c1=O. The van der Waals surface area contributed by atoms with Gasteiger partial charge >= 0.3 is 5.69 Å². The van der Waals surface area contributed by atoms with Gasteiger partial charge in [-0.3, -0.25) is 14.3 Å². The van der Waals surface area contributed by atoms with E-state index < -0.39 is 17.5 Å². The number of aromatic amines is 1. The third kappa shape index (κ3) is 2.80. The van der Waals surface area contributed by atoms with Crippen LogP contribution in [0.3, 0.4) is 0 Å². The molecule has 0 aliphatic rings. The second-order valence-electron chi connectivity index (χ2n) is 3.71. The van der Waals surface area contributed by atoms with Gasteiger partial charge in [0.05, 0.1) is 12.7 Å². The molecule has 6 heteroatoms. The molecule has 0 aliphatic carbocycles. The summed E-state index contributed by atoms with van der Waals surface area (Å²) in [6.07, 6.45) is 0.537. The molecular formula is C10H16N2O4. The van der Waals surface area contributed by atoms with Gasteiger partial charge in [-0.15, -0.1) is 0 Å². The number of rotatable bonds is 4. The summed E-state index contributed by atoms with van der Waals surface area (Å²) in [5.74, 6) is 0. The Morgan fingerprint density at radius 1 is 1.50 bits per heavy atom. The molecule has 16 heavy (non-hydrogen) atoms. The fourth-order valence-electron chi connectivity index (χ4n) is 1.30. The van der Waals surface area contributed by atoms with E-state index >= 15 is 0 Å². The van der Waals surface area contributed by atoms with Crippen molar-refractivity contribution in [1.29, 1.82) is 0 Å². The molecule has 0 amide bonds. The Kier molecular flexibility index (Phi) is 4.03. The zero-order chi connectivity index (χ0) is 12.3. The molecule has 0 spiro atoms. The molecule has 0 saturated heterocycles. The third-order valence-corrected chi connectivity index (χ3v) is 2.22. The van der Waals surface area contributed by atoms with Crippen molar-refractivity contribution >= 4 is 0 Å². The summed E-state index contributed by atoms with van der Waals surface area (Å²) in [4.78, 5) is 24.8. The van der Waals surface area contributed by atoms with Gasteiger partial charge < -0.3 is 9.84 Å². The second kappa shape index (κ2) is 5.09. The number of H-pyrrole nitrogens is 1. The van der Waals surface area contributed by atoms with E-state index in [1.807, 2.05) is 0 Å². The van der Waals surface area contributed by atoms with E-state index in [0.29, 0.717) is 5.56 Å². The summed E-state index contributed by atoms with van der Waals surface area (Å²) >= 11 is 0. The first-order valence-electron chi connectivity index (χ1n) is 5.04. The Morgan fingerprint density at radius 2 is 2.12 bits per heavy atom. The predicted molar refractivity (Wildman–Crippen MR) is 58.4 cm³/mol. The average Bonchev–Trinajstić information content (AvgIpc) is 2.23. The average molecular weight is 228 g/mol. The van der Waals surface area contributed by atoms with E-state index in [1.165, 1.54) is 10.8 Å². The highest BCUT2D eigenvalue weighted by Gasteiger charge is 2.11. The first kappa shape index (κ1) is 12.7. The van der Waals surface area contributed by atoms with E-state index in [2.05, 4.69) is 4.98 Å². The number of aromatic nitrogens is 2. The molecule has 0 aliphatic heterocycles. The molecule has 90 valence electrons. The van der Waals surface area contributed by atoms with Crippen LogP contribution >= 0.6 is 0 Å². The maximum atomic E-state index is 11.5. The van der Waals surface area contributed by atoms with Crippen LogP contribution in [0.5, 0.6) is 0 Å². The fraction of sp³-hybridized carbons (Fsp3) is 0.600. The largest absolute Gasteiger partial charge is 0.394 e. The predicted octanol–water partition coefficient (Wildman–Crippen LogP) is -0.239. The van der Waals surface area contributed by atoms with Crippen molar-refractivity contribution in [1.82, 2.24) is 9.55 Å². The molecule has 0 aromatic carbocycles. The first-order chi connectivity index (χ1) is 7.45. The number of aliphatic hydroxyl groups is 1. The Balaban J connectivity index is 3.00. The monoisotopic (exact) mass is 228 g/mol. The highest BCUT2D eigenvalue weighted by Crippen LogP contribution is 2.07. The van der Waals surface area contributed by atoms with Crippen molar-refractivity contribution in [2.45, 2.75) is 33.1 Å². The number of aliphatic hydroxyl groups excluding tert-OH is 1. The summed E-state index contributed by atoms with van der Waals surface area (Å²) in [5, 5.41) is 8.83. The lowest BCUT2D eigenvalue weighted by Crippen LogP contribution is -2.34. The topological polar surface area (TPSA) is 84.3 Å². The Hall–Kier alpha value is -1.40. The molecule has 1 rings (SSSR count). The highest BCUT2D eigenvalue weighted by atomic mass is 16.5. The van der Waals surface area contributed by atoms with Gasteiger partial charge in [-0.2, -0.15) is 0 Å². The third-order valence-electron chi connectivity index (χ3n) is 2.22. The lowest BCUT2D eigenvalue weighted by atomic mass is 10.4. The van der Waals surface area contributed by atoms with Crippen LogP contribution in [0.2, 0.25) is 0 Å². The summed E-state index contributed by atoms with van der Waals surface area (Å²) in [6.45, 7) is 4.85. The molecule has 0 fully saturated rings. The van der Waals surface area contributed by atoms with Crippen LogP contribution < -0.4 is 11.2 Å². The van der Waals surface area contributed by atoms with Crippen LogP contribution in [0.1, 0.15) is 25.6 Å². The number of ether oxygens (including phenoxy) is 1.